The van der Waals surface area contributed by atoms with E-state index in [-0.39, 0.29) is 5.75 Å². The highest BCUT2D eigenvalue weighted by Crippen LogP contribution is 2.22. The van der Waals surface area contributed by atoms with E-state index in [9.17, 15) is 4.79 Å². The van der Waals surface area contributed by atoms with E-state index in [1.807, 2.05) is 0 Å². The first-order valence-electron chi connectivity index (χ1n) is 3.82. The minimum atomic E-state index is -0.542. The lowest BCUT2D eigenvalue weighted by atomic mass is 10.1. The molecule has 4 heteroatoms. The summed E-state index contributed by atoms with van der Waals surface area (Å²) in [5.74, 6) is -0.501. The number of hydrogen-bond acceptors (Lipinski definition) is 3. The molecule has 1 amide bonds. The van der Waals surface area contributed by atoms with Crippen molar-refractivity contribution in [2.24, 2.45) is 5.73 Å². The number of primary amides is 1. The standard InChI is InChI=1S/C9H12N2O2/c1-11(2)8-4-3-6(12)5-7(8)9(10)13/h3-5,12H,1-2H3,(H2,10,13). The van der Waals surface area contributed by atoms with Gasteiger partial charge in [-0.3, -0.25) is 4.79 Å². The number of hydrogen-bond donors (Lipinski definition) is 2. The second kappa shape index (κ2) is 3.35. The van der Waals surface area contributed by atoms with Crippen LogP contribution in [-0.4, -0.2) is 25.1 Å². The van der Waals surface area contributed by atoms with Crippen LogP contribution in [0.3, 0.4) is 0 Å². The number of benzene rings is 1. The molecule has 1 aromatic rings. The SMILES string of the molecule is CN(C)c1ccc(O)cc1C(N)=O. The molecule has 4 nitrogen and oxygen atoms in total. The third-order valence-electron chi connectivity index (χ3n) is 1.73. The van der Waals surface area contributed by atoms with E-state index in [1.165, 1.54) is 12.1 Å². The lowest BCUT2D eigenvalue weighted by Crippen LogP contribution is -2.18. The van der Waals surface area contributed by atoms with Crippen molar-refractivity contribution in [2.45, 2.75) is 0 Å². The molecule has 0 radical (unpaired) electrons. The van der Waals surface area contributed by atoms with Crippen molar-refractivity contribution >= 4 is 11.6 Å². The largest absolute Gasteiger partial charge is 0.508 e. The molecule has 13 heavy (non-hydrogen) atoms. The van der Waals surface area contributed by atoms with Gasteiger partial charge < -0.3 is 15.7 Å². The molecule has 0 heterocycles. The second-order valence-electron chi connectivity index (χ2n) is 2.96. The van der Waals surface area contributed by atoms with Crippen LogP contribution in [0.25, 0.3) is 0 Å². The van der Waals surface area contributed by atoms with Crippen LogP contribution in [0.1, 0.15) is 10.4 Å². The smallest absolute Gasteiger partial charge is 0.250 e. The Labute approximate surface area is 76.6 Å². The van der Waals surface area contributed by atoms with E-state index in [0.29, 0.717) is 11.3 Å². The first-order valence-corrected chi connectivity index (χ1v) is 3.82. The molecule has 1 aromatic carbocycles. The van der Waals surface area contributed by atoms with Crippen LogP contribution < -0.4 is 10.6 Å². The summed E-state index contributed by atoms with van der Waals surface area (Å²) in [6.45, 7) is 0. The van der Waals surface area contributed by atoms with Crippen molar-refractivity contribution in [3.8, 4) is 5.75 Å². The summed E-state index contributed by atoms with van der Waals surface area (Å²) in [5.41, 5.74) is 6.17. The number of nitrogens with zero attached hydrogens (tertiary/aromatic N) is 1. The maximum atomic E-state index is 11.0. The van der Waals surface area contributed by atoms with E-state index in [1.54, 1.807) is 25.1 Å². The average Bonchev–Trinajstić information content (AvgIpc) is 2.03. The molecule has 0 spiro atoms. The van der Waals surface area contributed by atoms with E-state index in [0.717, 1.165) is 0 Å². The zero-order valence-corrected chi connectivity index (χ0v) is 7.61. The van der Waals surface area contributed by atoms with Crippen LogP contribution in [0.2, 0.25) is 0 Å². The zero-order valence-electron chi connectivity index (χ0n) is 7.61. The highest BCUT2D eigenvalue weighted by Gasteiger charge is 2.09. The Morgan fingerprint density at radius 2 is 2.08 bits per heavy atom. The monoisotopic (exact) mass is 180 g/mol. The first-order chi connectivity index (χ1) is 6.02. The van der Waals surface area contributed by atoms with Crippen LogP contribution in [-0.2, 0) is 0 Å². The van der Waals surface area contributed by atoms with Crippen LogP contribution in [0.15, 0.2) is 18.2 Å². The summed E-state index contributed by atoms with van der Waals surface area (Å²) in [5, 5.41) is 9.14. The highest BCUT2D eigenvalue weighted by atomic mass is 16.3. The Bertz CT molecular complexity index is 334. The number of amides is 1. The van der Waals surface area contributed by atoms with Gasteiger partial charge in [-0.1, -0.05) is 0 Å². The number of phenolic OH excluding ortho intramolecular Hbond substituents is 1. The fourth-order valence-corrected chi connectivity index (χ4v) is 1.11. The van der Waals surface area contributed by atoms with Crippen molar-refractivity contribution in [2.75, 3.05) is 19.0 Å². The maximum absolute atomic E-state index is 11.0. The van der Waals surface area contributed by atoms with Gasteiger partial charge in [-0.15, -0.1) is 0 Å². The molecular formula is C9H12N2O2. The van der Waals surface area contributed by atoms with Crippen LogP contribution in [0, 0.1) is 0 Å². The van der Waals surface area contributed by atoms with Crippen molar-refractivity contribution in [1.29, 1.82) is 0 Å². The number of carbonyl (C=O) groups excluding carboxylic acids is 1. The summed E-state index contributed by atoms with van der Waals surface area (Å²) in [6.07, 6.45) is 0. The Balaban J connectivity index is 3.27. The quantitative estimate of drug-likeness (QED) is 0.698. The summed E-state index contributed by atoms with van der Waals surface area (Å²) >= 11 is 0. The summed E-state index contributed by atoms with van der Waals surface area (Å²) in [6, 6.07) is 4.52. The van der Waals surface area contributed by atoms with Gasteiger partial charge in [0.1, 0.15) is 5.75 Å². The Hall–Kier alpha value is -1.71. The summed E-state index contributed by atoms with van der Waals surface area (Å²) in [7, 11) is 3.61. The first kappa shape index (κ1) is 9.38. The summed E-state index contributed by atoms with van der Waals surface area (Å²) in [4.78, 5) is 12.7. The molecule has 0 aliphatic carbocycles. The van der Waals surface area contributed by atoms with E-state index >= 15 is 0 Å². The van der Waals surface area contributed by atoms with E-state index in [2.05, 4.69) is 0 Å². The van der Waals surface area contributed by atoms with E-state index in [4.69, 9.17) is 10.8 Å². The number of aromatic hydroxyl groups is 1. The van der Waals surface area contributed by atoms with Gasteiger partial charge >= 0.3 is 0 Å². The molecule has 70 valence electrons. The Kier molecular flexibility index (Phi) is 2.41. The minimum Gasteiger partial charge on any atom is -0.508 e. The predicted octanol–water partition coefficient (Wildman–Crippen LogP) is 0.557. The molecule has 0 aliphatic heterocycles. The molecule has 0 atom stereocenters. The zero-order chi connectivity index (χ0) is 10.0. The molecule has 0 aromatic heterocycles. The van der Waals surface area contributed by atoms with Gasteiger partial charge in [0, 0.05) is 19.8 Å². The molecule has 0 saturated heterocycles. The second-order valence-corrected chi connectivity index (χ2v) is 2.96. The molecular weight excluding hydrogens is 168 g/mol. The van der Waals surface area contributed by atoms with Crippen LogP contribution >= 0.6 is 0 Å². The van der Waals surface area contributed by atoms with Gasteiger partial charge in [0.25, 0.3) is 5.91 Å². The lowest BCUT2D eigenvalue weighted by molar-refractivity contribution is 0.100. The fourth-order valence-electron chi connectivity index (χ4n) is 1.11. The van der Waals surface area contributed by atoms with E-state index < -0.39 is 5.91 Å². The fraction of sp³-hybridized carbons (Fsp3) is 0.222. The van der Waals surface area contributed by atoms with Crippen molar-refractivity contribution in [3.63, 3.8) is 0 Å². The molecule has 3 N–H and O–H groups in total. The van der Waals surface area contributed by atoms with Gasteiger partial charge in [0.15, 0.2) is 0 Å². The number of rotatable bonds is 2. The third kappa shape index (κ3) is 1.90. The van der Waals surface area contributed by atoms with Crippen LogP contribution in [0.5, 0.6) is 5.75 Å². The van der Waals surface area contributed by atoms with Crippen molar-refractivity contribution < 1.29 is 9.90 Å². The third-order valence-corrected chi connectivity index (χ3v) is 1.73. The average molecular weight is 180 g/mol. The van der Waals surface area contributed by atoms with Gasteiger partial charge in [-0.05, 0) is 18.2 Å². The number of phenols is 1. The number of carbonyl (C=O) groups is 1. The van der Waals surface area contributed by atoms with Crippen molar-refractivity contribution in [1.82, 2.24) is 0 Å². The molecule has 0 saturated carbocycles. The van der Waals surface area contributed by atoms with Gasteiger partial charge in [-0.2, -0.15) is 0 Å². The highest BCUT2D eigenvalue weighted by molar-refractivity contribution is 5.99. The molecule has 0 fully saturated rings. The lowest BCUT2D eigenvalue weighted by Gasteiger charge is -2.15. The molecule has 0 bridgehead atoms. The number of nitrogens with two attached hydrogens (primary N) is 1. The normalized spacial score (nSPS) is 9.69. The topological polar surface area (TPSA) is 66.6 Å². The van der Waals surface area contributed by atoms with Gasteiger partial charge in [-0.25, -0.2) is 0 Å². The number of anilines is 1. The van der Waals surface area contributed by atoms with Gasteiger partial charge in [0.2, 0.25) is 0 Å². The summed E-state index contributed by atoms with van der Waals surface area (Å²) < 4.78 is 0. The Morgan fingerprint density at radius 1 is 1.46 bits per heavy atom. The molecule has 1 rings (SSSR count). The Morgan fingerprint density at radius 3 is 2.54 bits per heavy atom. The van der Waals surface area contributed by atoms with Gasteiger partial charge in [0.05, 0.1) is 5.56 Å². The molecule has 0 aliphatic rings. The van der Waals surface area contributed by atoms with Crippen LogP contribution in [0.4, 0.5) is 5.69 Å². The minimum absolute atomic E-state index is 0.0411. The maximum Gasteiger partial charge on any atom is 0.250 e. The molecule has 0 unspecified atom stereocenters. The predicted molar refractivity (Wildman–Crippen MR) is 51.0 cm³/mol. The van der Waals surface area contributed by atoms with Crippen molar-refractivity contribution in [3.05, 3.63) is 23.8 Å².